The molecule has 2 aromatic rings. The standard InChI is InChI=1S/C17H22N2O3/c1-11-4-3-5-12(2)19(11)16(20)9-7-13-6-8-15-14(10-13)18-17(21)22-15/h6,8,10-12H,3-5,7,9H2,1-2H3,(H,18,21). The van der Waals surface area contributed by atoms with Gasteiger partial charge in [-0.3, -0.25) is 9.78 Å². The quantitative estimate of drug-likeness (QED) is 0.948. The van der Waals surface area contributed by atoms with Gasteiger partial charge in [-0.15, -0.1) is 0 Å². The third kappa shape index (κ3) is 2.93. The number of hydrogen-bond acceptors (Lipinski definition) is 3. The summed E-state index contributed by atoms with van der Waals surface area (Å²) in [5, 5.41) is 0. The van der Waals surface area contributed by atoms with Gasteiger partial charge in [0.1, 0.15) is 0 Å². The molecule has 0 saturated carbocycles. The van der Waals surface area contributed by atoms with Crippen LogP contribution in [0.4, 0.5) is 0 Å². The molecule has 0 spiro atoms. The molecule has 0 radical (unpaired) electrons. The average molecular weight is 302 g/mol. The third-order valence-electron chi connectivity index (χ3n) is 4.59. The van der Waals surface area contributed by atoms with Gasteiger partial charge >= 0.3 is 5.76 Å². The molecule has 22 heavy (non-hydrogen) atoms. The van der Waals surface area contributed by atoms with Crippen LogP contribution < -0.4 is 5.76 Å². The molecule has 0 bridgehead atoms. The lowest BCUT2D eigenvalue weighted by Gasteiger charge is -2.39. The van der Waals surface area contributed by atoms with Gasteiger partial charge in [0.2, 0.25) is 5.91 Å². The number of H-pyrrole nitrogens is 1. The normalized spacial score (nSPS) is 22.2. The second-order valence-electron chi connectivity index (χ2n) is 6.27. The van der Waals surface area contributed by atoms with Crippen molar-refractivity contribution in [1.29, 1.82) is 0 Å². The number of likely N-dealkylation sites (tertiary alicyclic amines) is 1. The first kappa shape index (κ1) is 14.9. The predicted octanol–water partition coefficient (Wildman–Crippen LogP) is 2.84. The number of nitrogens with one attached hydrogen (secondary N) is 1. The second kappa shape index (κ2) is 5.99. The smallest absolute Gasteiger partial charge is 0.408 e. The van der Waals surface area contributed by atoms with Crippen LogP contribution in [0.5, 0.6) is 0 Å². The Kier molecular flexibility index (Phi) is 4.05. The molecule has 3 rings (SSSR count). The molecule has 1 fully saturated rings. The molecular weight excluding hydrogens is 280 g/mol. The molecule has 1 aliphatic heterocycles. The molecule has 1 aromatic heterocycles. The summed E-state index contributed by atoms with van der Waals surface area (Å²) in [5.41, 5.74) is 2.28. The number of hydrogen-bond donors (Lipinski definition) is 1. The molecule has 118 valence electrons. The van der Waals surface area contributed by atoms with Crippen LogP contribution in [0.25, 0.3) is 11.1 Å². The van der Waals surface area contributed by atoms with Gasteiger partial charge in [0, 0.05) is 18.5 Å². The number of nitrogens with zero attached hydrogens (tertiary/aromatic N) is 1. The van der Waals surface area contributed by atoms with E-state index in [-0.39, 0.29) is 5.91 Å². The number of amides is 1. The fourth-order valence-corrected chi connectivity index (χ4v) is 3.45. The maximum atomic E-state index is 12.5. The van der Waals surface area contributed by atoms with Crippen LogP contribution in [0, 0.1) is 0 Å². The van der Waals surface area contributed by atoms with E-state index in [9.17, 15) is 9.59 Å². The first-order valence-electron chi connectivity index (χ1n) is 7.97. The number of carbonyl (C=O) groups is 1. The van der Waals surface area contributed by atoms with Gasteiger partial charge in [0.05, 0.1) is 5.52 Å². The first-order valence-corrected chi connectivity index (χ1v) is 7.97. The molecule has 1 aliphatic rings. The van der Waals surface area contributed by atoms with E-state index in [0.717, 1.165) is 18.4 Å². The summed E-state index contributed by atoms with van der Waals surface area (Å²) in [6.45, 7) is 4.27. The van der Waals surface area contributed by atoms with Crippen LogP contribution in [0.2, 0.25) is 0 Å². The highest BCUT2D eigenvalue weighted by Crippen LogP contribution is 2.24. The van der Waals surface area contributed by atoms with Gasteiger partial charge in [0.15, 0.2) is 5.58 Å². The lowest BCUT2D eigenvalue weighted by molar-refractivity contribution is -0.137. The number of oxazole rings is 1. The fraction of sp³-hybridized carbons (Fsp3) is 0.529. The summed E-state index contributed by atoms with van der Waals surface area (Å²) in [7, 11) is 0. The first-order chi connectivity index (χ1) is 10.5. The van der Waals surface area contributed by atoms with Crippen molar-refractivity contribution < 1.29 is 9.21 Å². The van der Waals surface area contributed by atoms with Gasteiger partial charge in [0.25, 0.3) is 0 Å². The lowest BCUT2D eigenvalue weighted by atomic mass is 9.96. The van der Waals surface area contributed by atoms with Crippen molar-refractivity contribution in [2.75, 3.05) is 0 Å². The van der Waals surface area contributed by atoms with Crippen molar-refractivity contribution in [3.8, 4) is 0 Å². The van der Waals surface area contributed by atoms with E-state index >= 15 is 0 Å². The van der Waals surface area contributed by atoms with E-state index in [1.165, 1.54) is 6.42 Å². The minimum absolute atomic E-state index is 0.223. The van der Waals surface area contributed by atoms with E-state index in [0.29, 0.717) is 36.0 Å². The number of benzene rings is 1. The summed E-state index contributed by atoms with van der Waals surface area (Å²) in [6, 6.07) is 6.25. The minimum Gasteiger partial charge on any atom is -0.408 e. The number of carbonyl (C=O) groups excluding carboxylic acids is 1. The van der Waals surface area contributed by atoms with E-state index in [1.807, 2.05) is 17.0 Å². The number of piperidine rings is 1. The zero-order valence-corrected chi connectivity index (χ0v) is 13.1. The number of aromatic amines is 1. The van der Waals surface area contributed by atoms with Gasteiger partial charge < -0.3 is 9.32 Å². The average Bonchev–Trinajstić information content (AvgIpc) is 2.84. The number of rotatable bonds is 3. The van der Waals surface area contributed by atoms with Crippen molar-refractivity contribution in [2.24, 2.45) is 0 Å². The molecule has 5 heteroatoms. The fourth-order valence-electron chi connectivity index (χ4n) is 3.45. The number of aromatic nitrogens is 1. The molecule has 1 saturated heterocycles. The Morgan fingerprint density at radius 3 is 2.77 bits per heavy atom. The number of aryl methyl sites for hydroxylation is 1. The molecule has 2 unspecified atom stereocenters. The van der Waals surface area contributed by atoms with E-state index < -0.39 is 5.76 Å². The molecule has 1 amide bonds. The van der Waals surface area contributed by atoms with Crippen LogP contribution in [0.15, 0.2) is 27.4 Å². The Balaban J connectivity index is 1.67. The Bertz CT molecular complexity index is 721. The van der Waals surface area contributed by atoms with Gasteiger partial charge in [-0.25, -0.2) is 4.79 Å². The maximum absolute atomic E-state index is 12.5. The highest BCUT2D eigenvalue weighted by atomic mass is 16.4. The number of fused-ring (bicyclic) bond motifs is 1. The van der Waals surface area contributed by atoms with Gasteiger partial charge in [-0.1, -0.05) is 6.07 Å². The monoisotopic (exact) mass is 302 g/mol. The van der Waals surface area contributed by atoms with Crippen LogP contribution in [-0.4, -0.2) is 27.9 Å². The Hall–Kier alpha value is -2.04. The van der Waals surface area contributed by atoms with Gasteiger partial charge in [-0.05, 0) is 57.2 Å². The van der Waals surface area contributed by atoms with Gasteiger partial charge in [-0.2, -0.15) is 0 Å². The van der Waals surface area contributed by atoms with E-state index in [1.54, 1.807) is 6.07 Å². The van der Waals surface area contributed by atoms with Crippen LogP contribution in [0.3, 0.4) is 0 Å². The zero-order valence-electron chi connectivity index (χ0n) is 13.1. The Morgan fingerprint density at radius 2 is 2.05 bits per heavy atom. The zero-order chi connectivity index (χ0) is 15.7. The van der Waals surface area contributed by atoms with Crippen LogP contribution >= 0.6 is 0 Å². The SMILES string of the molecule is CC1CCCC(C)N1C(=O)CCc1ccc2oc(=O)[nH]c2c1. The predicted molar refractivity (Wildman–Crippen MR) is 84.8 cm³/mol. The van der Waals surface area contributed by atoms with E-state index in [2.05, 4.69) is 18.8 Å². The summed E-state index contributed by atoms with van der Waals surface area (Å²) >= 11 is 0. The molecule has 1 N–H and O–H groups in total. The summed E-state index contributed by atoms with van der Waals surface area (Å²) in [4.78, 5) is 28.4. The molecule has 5 nitrogen and oxygen atoms in total. The minimum atomic E-state index is -0.445. The second-order valence-corrected chi connectivity index (χ2v) is 6.27. The Morgan fingerprint density at radius 1 is 1.32 bits per heavy atom. The van der Waals surface area contributed by atoms with Crippen molar-refractivity contribution in [2.45, 2.75) is 58.0 Å². The summed E-state index contributed by atoms with van der Waals surface area (Å²) in [6.07, 6.45) is 4.58. The molecule has 2 heterocycles. The highest BCUT2D eigenvalue weighted by molar-refractivity contribution is 5.78. The molecule has 0 aliphatic carbocycles. The lowest BCUT2D eigenvalue weighted by Crippen LogP contribution is -2.47. The van der Waals surface area contributed by atoms with Crippen LogP contribution in [0.1, 0.15) is 45.1 Å². The highest BCUT2D eigenvalue weighted by Gasteiger charge is 2.28. The topological polar surface area (TPSA) is 66.3 Å². The van der Waals surface area contributed by atoms with Crippen molar-refractivity contribution >= 4 is 17.0 Å². The van der Waals surface area contributed by atoms with E-state index in [4.69, 9.17) is 4.42 Å². The molecular formula is C17H22N2O3. The maximum Gasteiger partial charge on any atom is 0.417 e. The molecule has 1 aromatic carbocycles. The molecule has 2 atom stereocenters. The Labute approximate surface area is 129 Å². The largest absolute Gasteiger partial charge is 0.417 e. The van der Waals surface area contributed by atoms with Crippen molar-refractivity contribution in [3.63, 3.8) is 0 Å². The van der Waals surface area contributed by atoms with Crippen LogP contribution in [-0.2, 0) is 11.2 Å². The van der Waals surface area contributed by atoms with Crippen molar-refractivity contribution in [3.05, 3.63) is 34.3 Å². The third-order valence-corrected chi connectivity index (χ3v) is 4.59. The summed E-state index contributed by atoms with van der Waals surface area (Å²) < 4.78 is 4.99. The van der Waals surface area contributed by atoms with Crippen molar-refractivity contribution in [1.82, 2.24) is 9.88 Å². The summed E-state index contributed by atoms with van der Waals surface area (Å²) in [5.74, 6) is -0.223.